The maximum absolute atomic E-state index is 12.9. The van der Waals surface area contributed by atoms with Gasteiger partial charge in [-0.15, -0.1) is 0 Å². The van der Waals surface area contributed by atoms with E-state index in [2.05, 4.69) is 15.9 Å². The number of Topliss-reactive ketones (excluding diaryl/α,β-unsaturated/α-hetero) is 1. The van der Waals surface area contributed by atoms with Gasteiger partial charge in [0.1, 0.15) is 0 Å². The molecule has 30 heavy (non-hydrogen) atoms. The molecule has 0 saturated carbocycles. The molecule has 1 fully saturated rings. The highest BCUT2D eigenvalue weighted by atomic mass is 79.9. The van der Waals surface area contributed by atoms with E-state index in [4.69, 9.17) is 0 Å². The van der Waals surface area contributed by atoms with Crippen LogP contribution in [-0.2, 0) is 14.8 Å². The Morgan fingerprint density at radius 1 is 0.900 bits per heavy atom. The van der Waals surface area contributed by atoms with Crippen molar-refractivity contribution >= 4 is 37.6 Å². The van der Waals surface area contributed by atoms with Gasteiger partial charge in [-0.25, -0.2) is 8.42 Å². The molecule has 160 valence electrons. The van der Waals surface area contributed by atoms with E-state index in [-0.39, 0.29) is 36.0 Å². The van der Waals surface area contributed by atoms with Gasteiger partial charge in [0.05, 0.1) is 4.90 Å². The molecule has 1 aliphatic heterocycles. The fourth-order valence-corrected chi connectivity index (χ4v) is 5.14. The molecule has 1 amide bonds. The lowest BCUT2D eigenvalue weighted by Crippen LogP contribution is -2.37. The topological polar surface area (TPSA) is 74.8 Å². The van der Waals surface area contributed by atoms with Crippen LogP contribution < -0.4 is 0 Å². The number of carbonyl (C=O) groups is 2. The number of benzene rings is 2. The highest BCUT2D eigenvalue weighted by Gasteiger charge is 2.28. The van der Waals surface area contributed by atoms with Crippen LogP contribution in [0.15, 0.2) is 57.9 Å². The lowest BCUT2D eigenvalue weighted by molar-refractivity contribution is -0.131. The SMILES string of the molecule is Cc1ccc(S(=O)(=O)N2CCCN(C(=O)CCC(=O)c3ccc(Br)cc3)CC2)cc1. The summed E-state index contributed by atoms with van der Waals surface area (Å²) in [7, 11) is -3.58. The molecule has 3 rings (SSSR count). The molecular weight excluding hydrogens is 468 g/mol. The summed E-state index contributed by atoms with van der Waals surface area (Å²) in [5.41, 5.74) is 1.58. The molecule has 1 saturated heterocycles. The van der Waals surface area contributed by atoms with Crippen LogP contribution in [-0.4, -0.2) is 55.5 Å². The van der Waals surface area contributed by atoms with Crippen molar-refractivity contribution in [2.45, 2.75) is 31.1 Å². The molecule has 0 radical (unpaired) electrons. The van der Waals surface area contributed by atoms with Crippen molar-refractivity contribution in [3.05, 3.63) is 64.1 Å². The number of hydrogen-bond donors (Lipinski definition) is 0. The van der Waals surface area contributed by atoms with Crippen LogP contribution in [0.5, 0.6) is 0 Å². The second kappa shape index (κ2) is 9.85. The molecule has 0 aliphatic carbocycles. The second-order valence-corrected chi connectivity index (χ2v) is 10.2. The Morgan fingerprint density at radius 2 is 1.57 bits per heavy atom. The van der Waals surface area contributed by atoms with Crippen molar-refractivity contribution in [1.29, 1.82) is 0 Å². The molecule has 0 spiro atoms. The van der Waals surface area contributed by atoms with Gasteiger partial charge in [-0.3, -0.25) is 9.59 Å². The predicted octanol–water partition coefficient (Wildman–Crippen LogP) is 3.64. The number of sulfonamides is 1. The van der Waals surface area contributed by atoms with Gasteiger partial charge in [0, 0.05) is 49.1 Å². The van der Waals surface area contributed by atoms with E-state index in [1.165, 1.54) is 4.31 Å². The normalized spacial score (nSPS) is 15.6. The molecule has 0 bridgehead atoms. The minimum atomic E-state index is -3.58. The molecule has 0 aromatic heterocycles. The van der Waals surface area contributed by atoms with Crippen molar-refractivity contribution < 1.29 is 18.0 Å². The van der Waals surface area contributed by atoms with Crippen molar-refractivity contribution in [1.82, 2.24) is 9.21 Å². The quantitative estimate of drug-likeness (QED) is 0.576. The van der Waals surface area contributed by atoms with E-state index in [9.17, 15) is 18.0 Å². The Balaban J connectivity index is 1.56. The summed E-state index contributed by atoms with van der Waals surface area (Å²) in [6.45, 7) is 3.36. The molecular formula is C22H25BrN2O4S. The van der Waals surface area contributed by atoms with E-state index in [1.807, 2.05) is 6.92 Å². The average molecular weight is 493 g/mol. The van der Waals surface area contributed by atoms with Gasteiger partial charge in [-0.05, 0) is 37.6 Å². The zero-order valence-corrected chi connectivity index (χ0v) is 19.3. The number of amides is 1. The molecule has 1 heterocycles. The van der Waals surface area contributed by atoms with E-state index in [0.717, 1.165) is 10.0 Å². The smallest absolute Gasteiger partial charge is 0.243 e. The fraction of sp³-hybridized carbons (Fsp3) is 0.364. The standard InChI is InChI=1S/C22H25BrN2O4S/c1-17-3-9-20(10-4-17)30(28,29)25-14-2-13-24(15-16-25)22(27)12-11-21(26)18-5-7-19(23)8-6-18/h3-10H,2,11-16H2,1H3. The first-order valence-corrected chi connectivity index (χ1v) is 12.1. The largest absolute Gasteiger partial charge is 0.341 e. The third-order valence-corrected chi connectivity index (χ3v) is 7.64. The van der Waals surface area contributed by atoms with Gasteiger partial charge in [0.25, 0.3) is 0 Å². The summed E-state index contributed by atoms with van der Waals surface area (Å²) < 4.78 is 28.1. The maximum Gasteiger partial charge on any atom is 0.243 e. The molecule has 1 aliphatic rings. The summed E-state index contributed by atoms with van der Waals surface area (Å²) >= 11 is 3.33. The van der Waals surface area contributed by atoms with Gasteiger partial charge in [-0.2, -0.15) is 4.31 Å². The van der Waals surface area contributed by atoms with Crippen LogP contribution in [0.1, 0.15) is 35.2 Å². The van der Waals surface area contributed by atoms with Crippen LogP contribution in [0.4, 0.5) is 0 Å². The molecule has 0 unspecified atom stereocenters. The Hall–Kier alpha value is -2.03. The monoisotopic (exact) mass is 492 g/mol. The van der Waals surface area contributed by atoms with Crippen LogP contribution in [0.25, 0.3) is 0 Å². The lowest BCUT2D eigenvalue weighted by Gasteiger charge is -2.22. The van der Waals surface area contributed by atoms with Crippen molar-refractivity contribution in [3.8, 4) is 0 Å². The van der Waals surface area contributed by atoms with Crippen LogP contribution >= 0.6 is 15.9 Å². The van der Waals surface area contributed by atoms with E-state index in [0.29, 0.717) is 31.6 Å². The second-order valence-electron chi connectivity index (χ2n) is 7.38. The maximum atomic E-state index is 12.9. The lowest BCUT2D eigenvalue weighted by atomic mass is 10.1. The zero-order valence-electron chi connectivity index (χ0n) is 16.9. The molecule has 8 heteroatoms. The summed E-state index contributed by atoms with van der Waals surface area (Å²) in [6, 6.07) is 13.9. The number of rotatable bonds is 6. The van der Waals surface area contributed by atoms with Crippen LogP contribution in [0.2, 0.25) is 0 Å². The minimum absolute atomic E-state index is 0.0748. The molecule has 6 nitrogen and oxygen atoms in total. The number of aryl methyl sites for hydroxylation is 1. The van der Waals surface area contributed by atoms with Crippen LogP contribution in [0, 0.1) is 6.92 Å². The number of ketones is 1. The van der Waals surface area contributed by atoms with Gasteiger partial charge in [0.15, 0.2) is 5.78 Å². The Bertz CT molecular complexity index is 1000. The minimum Gasteiger partial charge on any atom is -0.341 e. The number of carbonyl (C=O) groups excluding carboxylic acids is 2. The number of hydrogen-bond acceptors (Lipinski definition) is 4. The predicted molar refractivity (Wildman–Crippen MR) is 119 cm³/mol. The molecule has 0 N–H and O–H groups in total. The van der Waals surface area contributed by atoms with E-state index >= 15 is 0 Å². The van der Waals surface area contributed by atoms with Gasteiger partial charge < -0.3 is 4.90 Å². The summed E-state index contributed by atoms with van der Waals surface area (Å²) in [5, 5.41) is 0. The van der Waals surface area contributed by atoms with E-state index in [1.54, 1.807) is 53.4 Å². The fourth-order valence-electron chi connectivity index (χ4n) is 3.40. The molecule has 2 aromatic carbocycles. The first-order chi connectivity index (χ1) is 14.3. The van der Waals surface area contributed by atoms with Crippen LogP contribution in [0.3, 0.4) is 0 Å². The summed E-state index contributed by atoms with van der Waals surface area (Å²) in [5.74, 6) is -0.190. The Morgan fingerprint density at radius 3 is 2.23 bits per heavy atom. The highest BCUT2D eigenvalue weighted by Crippen LogP contribution is 2.19. The van der Waals surface area contributed by atoms with Gasteiger partial charge in [-0.1, -0.05) is 45.8 Å². The van der Waals surface area contributed by atoms with Crippen molar-refractivity contribution in [2.75, 3.05) is 26.2 Å². The number of halogens is 1. The third-order valence-electron chi connectivity index (χ3n) is 5.20. The zero-order chi connectivity index (χ0) is 21.7. The Kier molecular flexibility index (Phi) is 7.44. The van der Waals surface area contributed by atoms with E-state index < -0.39 is 10.0 Å². The molecule has 2 aromatic rings. The Labute approximate surface area is 186 Å². The van der Waals surface area contributed by atoms with Crippen molar-refractivity contribution in [2.24, 2.45) is 0 Å². The van der Waals surface area contributed by atoms with Gasteiger partial charge >= 0.3 is 0 Å². The highest BCUT2D eigenvalue weighted by molar-refractivity contribution is 9.10. The summed E-state index contributed by atoms with van der Waals surface area (Å²) in [6.07, 6.45) is 0.833. The van der Waals surface area contributed by atoms with Gasteiger partial charge in [0.2, 0.25) is 15.9 Å². The molecule has 0 atom stereocenters. The first kappa shape index (κ1) is 22.7. The average Bonchev–Trinajstić information content (AvgIpc) is 2.99. The summed E-state index contributed by atoms with van der Waals surface area (Å²) in [4.78, 5) is 26.8. The number of nitrogens with zero attached hydrogens (tertiary/aromatic N) is 2. The first-order valence-electron chi connectivity index (χ1n) is 9.91. The third kappa shape index (κ3) is 5.56. The van der Waals surface area contributed by atoms with Crippen molar-refractivity contribution in [3.63, 3.8) is 0 Å².